The SMILES string of the molecule is CCc1nc(NN)cc(Sc2ccc(F)cc2)n1. The van der Waals surface area contributed by atoms with Crippen molar-refractivity contribution >= 4 is 17.6 Å². The van der Waals surface area contributed by atoms with Crippen LogP contribution >= 0.6 is 11.8 Å². The third-order valence-corrected chi connectivity index (χ3v) is 3.18. The van der Waals surface area contributed by atoms with Crippen molar-refractivity contribution in [2.75, 3.05) is 5.43 Å². The minimum Gasteiger partial charge on any atom is -0.308 e. The Kier molecular flexibility index (Phi) is 4.11. The van der Waals surface area contributed by atoms with E-state index in [9.17, 15) is 4.39 Å². The number of rotatable bonds is 4. The number of halogens is 1. The highest BCUT2D eigenvalue weighted by Crippen LogP contribution is 2.27. The van der Waals surface area contributed by atoms with Gasteiger partial charge >= 0.3 is 0 Å². The molecule has 2 aromatic rings. The molecule has 0 aliphatic carbocycles. The zero-order valence-electron chi connectivity index (χ0n) is 9.85. The number of nitrogens with two attached hydrogens (primary N) is 1. The van der Waals surface area contributed by atoms with Gasteiger partial charge in [0.05, 0.1) is 0 Å². The molecule has 3 N–H and O–H groups in total. The molecule has 0 aliphatic rings. The maximum atomic E-state index is 12.8. The second-order valence-electron chi connectivity index (χ2n) is 3.56. The molecular weight excluding hydrogens is 251 g/mol. The van der Waals surface area contributed by atoms with Gasteiger partial charge in [-0.3, -0.25) is 0 Å². The minimum absolute atomic E-state index is 0.249. The van der Waals surface area contributed by atoms with Gasteiger partial charge in [0.15, 0.2) is 0 Å². The summed E-state index contributed by atoms with van der Waals surface area (Å²) in [7, 11) is 0. The summed E-state index contributed by atoms with van der Waals surface area (Å²) in [5, 5.41) is 0.779. The van der Waals surface area contributed by atoms with Crippen LogP contribution < -0.4 is 11.3 Å². The molecule has 0 fully saturated rings. The maximum absolute atomic E-state index is 12.8. The molecule has 0 radical (unpaired) electrons. The van der Waals surface area contributed by atoms with Crippen LogP contribution in [0.25, 0.3) is 0 Å². The molecule has 0 saturated carbocycles. The van der Waals surface area contributed by atoms with Crippen LogP contribution in [0.4, 0.5) is 10.2 Å². The van der Waals surface area contributed by atoms with Crippen LogP contribution in [-0.2, 0) is 6.42 Å². The van der Waals surface area contributed by atoms with Crippen LogP contribution in [0.15, 0.2) is 40.3 Å². The largest absolute Gasteiger partial charge is 0.308 e. The molecule has 6 heteroatoms. The molecule has 0 atom stereocenters. The topological polar surface area (TPSA) is 63.8 Å². The van der Waals surface area contributed by atoms with Gasteiger partial charge in [-0.25, -0.2) is 20.2 Å². The van der Waals surface area contributed by atoms with Gasteiger partial charge in [-0.1, -0.05) is 18.7 Å². The molecule has 0 aliphatic heterocycles. The second-order valence-corrected chi connectivity index (χ2v) is 4.66. The summed E-state index contributed by atoms with van der Waals surface area (Å²) in [6.45, 7) is 1.97. The van der Waals surface area contributed by atoms with Gasteiger partial charge < -0.3 is 5.43 Å². The average Bonchev–Trinajstić information content (AvgIpc) is 2.41. The second kappa shape index (κ2) is 5.79. The first kappa shape index (κ1) is 12.8. The van der Waals surface area contributed by atoms with Crippen LogP contribution in [0.2, 0.25) is 0 Å². The number of nitrogens with zero attached hydrogens (tertiary/aromatic N) is 2. The van der Waals surface area contributed by atoms with Crippen molar-refractivity contribution in [3.63, 3.8) is 0 Å². The zero-order chi connectivity index (χ0) is 13.0. The van der Waals surface area contributed by atoms with Gasteiger partial charge in [0.25, 0.3) is 0 Å². The highest BCUT2D eigenvalue weighted by molar-refractivity contribution is 7.99. The molecule has 4 nitrogen and oxygen atoms in total. The van der Waals surface area contributed by atoms with E-state index in [0.29, 0.717) is 5.82 Å². The molecule has 1 heterocycles. The summed E-state index contributed by atoms with van der Waals surface area (Å²) >= 11 is 1.44. The first-order valence-electron chi connectivity index (χ1n) is 5.49. The average molecular weight is 264 g/mol. The van der Waals surface area contributed by atoms with E-state index in [0.717, 1.165) is 22.2 Å². The van der Waals surface area contributed by atoms with Gasteiger partial charge in [0, 0.05) is 17.4 Å². The van der Waals surface area contributed by atoms with Crippen LogP contribution in [0.3, 0.4) is 0 Å². The van der Waals surface area contributed by atoms with Gasteiger partial charge in [-0.15, -0.1) is 0 Å². The number of aryl methyl sites for hydroxylation is 1. The standard InChI is InChI=1S/C12H13FN4S/c1-2-10-15-11(17-14)7-12(16-10)18-9-5-3-8(13)4-6-9/h3-7H,2,14H2,1H3,(H,15,16,17). The normalized spacial score (nSPS) is 10.4. The Balaban J connectivity index is 2.25. The Hall–Kier alpha value is -1.66. The van der Waals surface area contributed by atoms with Crippen molar-refractivity contribution in [3.05, 3.63) is 42.0 Å². The van der Waals surface area contributed by atoms with E-state index < -0.39 is 0 Å². The molecule has 0 bridgehead atoms. The smallest absolute Gasteiger partial charge is 0.144 e. The Morgan fingerprint density at radius 2 is 2.00 bits per heavy atom. The van der Waals surface area contributed by atoms with Crippen molar-refractivity contribution in [1.29, 1.82) is 0 Å². The van der Waals surface area contributed by atoms with Gasteiger partial charge in [0.2, 0.25) is 0 Å². The lowest BCUT2D eigenvalue weighted by atomic mass is 10.4. The third-order valence-electron chi connectivity index (χ3n) is 2.25. The number of hydrogen-bond acceptors (Lipinski definition) is 5. The lowest BCUT2D eigenvalue weighted by Gasteiger charge is -2.06. The molecule has 0 spiro atoms. The Labute approximate surface area is 109 Å². The van der Waals surface area contributed by atoms with E-state index in [1.54, 1.807) is 18.2 Å². The van der Waals surface area contributed by atoms with E-state index in [1.807, 2.05) is 6.92 Å². The lowest BCUT2D eigenvalue weighted by molar-refractivity contribution is 0.626. The van der Waals surface area contributed by atoms with Crippen LogP contribution in [0.1, 0.15) is 12.7 Å². The molecule has 94 valence electrons. The number of nitrogen functional groups attached to an aromatic ring is 1. The summed E-state index contributed by atoms with van der Waals surface area (Å²) in [4.78, 5) is 9.50. The number of aromatic nitrogens is 2. The number of nitrogens with one attached hydrogen (secondary N) is 1. The molecular formula is C12H13FN4S. The van der Waals surface area contributed by atoms with E-state index in [2.05, 4.69) is 15.4 Å². The fourth-order valence-corrected chi connectivity index (χ4v) is 2.22. The fraction of sp³-hybridized carbons (Fsp3) is 0.167. The molecule has 0 unspecified atom stereocenters. The van der Waals surface area contributed by atoms with Crippen molar-refractivity contribution < 1.29 is 4.39 Å². The summed E-state index contributed by atoms with van der Waals surface area (Å²) in [6, 6.07) is 8.03. The predicted octanol–water partition coefficient (Wildman–Crippen LogP) is 2.61. The van der Waals surface area contributed by atoms with E-state index in [-0.39, 0.29) is 5.82 Å². The molecule has 2 rings (SSSR count). The molecule has 0 saturated heterocycles. The van der Waals surface area contributed by atoms with E-state index in [4.69, 9.17) is 5.84 Å². The number of benzene rings is 1. The highest BCUT2D eigenvalue weighted by atomic mass is 32.2. The van der Waals surface area contributed by atoms with Gasteiger partial charge in [-0.05, 0) is 24.3 Å². The monoisotopic (exact) mass is 264 g/mol. The summed E-state index contributed by atoms with van der Waals surface area (Å²) in [6.07, 6.45) is 0.729. The number of hydrazine groups is 1. The van der Waals surface area contributed by atoms with Gasteiger partial charge in [0.1, 0.15) is 22.5 Å². The molecule has 18 heavy (non-hydrogen) atoms. The summed E-state index contributed by atoms with van der Waals surface area (Å²) < 4.78 is 12.8. The zero-order valence-corrected chi connectivity index (χ0v) is 10.7. The third kappa shape index (κ3) is 3.18. The van der Waals surface area contributed by atoms with Crippen LogP contribution in [-0.4, -0.2) is 9.97 Å². The van der Waals surface area contributed by atoms with Crippen molar-refractivity contribution in [2.45, 2.75) is 23.3 Å². The van der Waals surface area contributed by atoms with Crippen LogP contribution in [0, 0.1) is 5.82 Å². The number of anilines is 1. The van der Waals surface area contributed by atoms with Crippen molar-refractivity contribution in [3.8, 4) is 0 Å². The minimum atomic E-state index is -0.249. The summed E-state index contributed by atoms with van der Waals surface area (Å²) in [5.74, 6) is 6.40. The quantitative estimate of drug-likeness (QED) is 0.505. The fourth-order valence-electron chi connectivity index (χ4n) is 1.38. The first-order valence-corrected chi connectivity index (χ1v) is 6.31. The summed E-state index contributed by atoms with van der Waals surface area (Å²) in [5.41, 5.74) is 2.51. The Morgan fingerprint density at radius 3 is 2.61 bits per heavy atom. The highest BCUT2D eigenvalue weighted by Gasteiger charge is 2.05. The molecule has 1 aromatic carbocycles. The Bertz CT molecular complexity index is 508. The molecule has 0 amide bonds. The van der Waals surface area contributed by atoms with Crippen molar-refractivity contribution in [2.24, 2.45) is 5.84 Å². The number of hydrogen-bond donors (Lipinski definition) is 2. The van der Waals surface area contributed by atoms with E-state index >= 15 is 0 Å². The van der Waals surface area contributed by atoms with E-state index in [1.165, 1.54) is 23.9 Å². The molecule has 1 aromatic heterocycles. The first-order chi connectivity index (χ1) is 8.71. The lowest BCUT2D eigenvalue weighted by Crippen LogP contribution is -2.10. The van der Waals surface area contributed by atoms with Crippen molar-refractivity contribution in [1.82, 2.24) is 9.97 Å². The predicted molar refractivity (Wildman–Crippen MR) is 69.7 cm³/mol. The Morgan fingerprint density at radius 1 is 1.28 bits per heavy atom. The maximum Gasteiger partial charge on any atom is 0.144 e. The van der Waals surface area contributed by atoms with Crippen LogP contribution in [0.5, 0.6) is 0 Å². The van der Waals surface area contributed by atoms with Gasteiger partial charge in [-0.2, -0.15) is 0 Å².